The molecule has 1 amide bonds. The molecule has 2 aromatic rings. The summed E-state index contributed by atoms with van der Waals surface area (Å²) in [5.74, 6) is -0.588. The Balaban J connectivity index is 1.89. The van der Waals surface area contributed by atoms with E-state index in [9.17, 15) is 26.7 Å². The van der Waals surface area contributed by atoms with Crippen molar-refractivity contribution in [3.8, 4) is 5.75 Å². The SMILES string of the molecule is CC(=NNC(=O)CNc1cccc(C(F)(F)F)c1)c1ccc(OC(F)F)cc1. The number of hydrazone groups is 1. The summed E-state index contributed by atoms with van der Waals surface area (Å²) in [4.78, 5) is 11.8. The number of nitrogens with one attached hydrogen (secondary N) is 2. The lowest BCUT2D eigenvalue weighted by Gasteiger charge is -2.10. The Labute approximate surface area is 157 Å². The van der Waals surface area contributed by atoms with Crippen LogP contribution in [0.3, 0.4) is 0 Å². The summed E-state index contributed by atoms with van der Waals surface area (Å²) >= 11 is 0. The maximum Gasteiger partial charge on any atom is 0.416 e. The first-order chi connectivity index (χ1) is 13.1. The molecule has 0 aromatic heterocycles. The van der Waals surface area contributed by atoms with Crippen molar-refractivity contribution in [1.29, 1.82) is 0 Å². The van der Waals surface area contributed by atoms with E-state index in [1.54, 1.807) is 6.92 Å². The van der Waals surface area contributed by atoms with Gasteiger partial charge in [-0.2, -0.15) is 27.1 Å². The van der Waals surface area contributed by atoms with Crippen LogP contribution in [0, 0.1) is 0 Å². The number of carbonyl (C=O) groups excluding carboxylic acids is 1. The average Bonchev–Trinajstić information content (AvgIpc) is 2.64. The van der Waals surface area contributed by atoms with Crippen LogP contribution in [0.5, 0.6) is 5.75 Å². The molecule has 5 nitrogen and oxygen atoms in total. The first-order valence-corrected chi connectivity index (χ1v) is 7.94. The third kappa shape index (κ3) is 6.53. The quantitative estimate of drug-likeness (QED) is 0.414. The van der Waals surface area contributed by atoms with E-state index < -0.39 is 24.3 Å². The van der Waals surface area contributed by atoms with Crippen LogP contribution in [0.1, 0.15) is 18.1 Å². The number of carbonyl (C=O) groups is 1. The molecule has 0 radical (unpaired) electrons. The van der Waals surface area contributed by atoms with Crippen LogP contribution >= 0.6 is 0 Å². The molecule has 2 N–H and O–H groups in total. The van der Waals surface area contributed by atoms with E-state index in [2.05, 4.69) is 20.6 Å². The van der Waals surface area contributed by atoms with Gasteiger partial charge in [0, 0.05) is 5.69 Å². The smallest absolute Gasteiger partial charge is 0.416 e. The molecule has 0 spiro atoms. The molecule has 2 rings (SSSR count). The zero-order valence-corrected chi connectivity index (χ0v) is 14.6. The molecule has 0 atom stereocenters. The van der Waals surface area contributed by atoms with Crippen LogP contribution in [0.4, 0.5) is 27.6 Å². The largest absolute Gasteiger partial charge is 0.435 e. The van der Waals surface area contributed by atoms with Crippen molar-refractivity contribution in [3.05, 3.63) is 59.7 Å². The van der Waals surface area contributed by atoms with Gasteiger partial charge in [-0.1, -0.05) is 6.07 Å². The number of nitrogens with zero attached hydrogens (tertiary/aromatic N) is 1. The monoisotopic (exact) mass is 401 g/mol. The highest BCUT2D eigenvalue weighted by atomic mass is 19.4. The van der Waals surface area contributed by atoms with E-state index >= 15 is 0 Å². The number of ether oxygens (including phenoxy) is 1. The molecular formula is C18H16F5N3O2. The van der Waals surface area contributed by atoms with Gasteiger partial charge in [0.05, 0.1) is 17.8 Å². The van der Waals surface area contributed by atoms with E-state index in [4.69, 9.17) is 0 Å². The van der Waals surface area contributed by atoms with E-state index in [0.29, 0.717) is 11.3 Å². The highest BCUT2D eigenvalue weighted by molar-refractivity contribution is 5.99. The molecule has 0 fully saturated rings. The molecule has 0 aliphatic rings. The summed E-state index contributed by atoms with van der Waals surface area (Å²) in [6.45, 7) is -1.63. The van der Waals surface area contributed by atoms with Crippen molar-refractivity contribution in [3.63, 3.8) is 0 Å². The molecule has 0 aliphatic carbocycles. The van der Waals surface area contributed by atoms with Gasteiger partial charge in [0.25, 0.3) is 5.91 Å². The average molecular weight is 401 g/mol. The summed E-state index contributed by atoms with van der Waals surface area (Å²) in [5.41, 5.74) is 2.53. The van der Waals surface area contributed by atoms with Crippen molar-refractivity contribution >= 4 is 17.3 Å². The van der Waals surface area contributed by atoms with E-state index in [1.807, 2.05) is 0 Å². The third-order valence-electron chi connectivity index (χ3n) is 3.49. The number of rotatable bonds is 7. The molecule has 2 aromatic carbocycles. The van der Waals surface area contributed by atoms with Crippen molar-refractivity contribution in [2.45, 2.75) is 19.7 Å². The summed E-state index contributed by atoms with van der Waals surface area (Å²) in [7, 11) is 0. The lowest BCUT2D eigenvalue weighted by atomic mass is 10.1. The zero-order valence-electron chi connectivity index (χ0n) is 14.6. The molecule has 0 aliphatic heterocycles. The van der Waals surface area contributed by atoms with Gasteiger partial charge >= 0.3 is 12.8 Å². The number of benzene rings is 2. The topological polar surface area (TPSA) is 62.7 Å². The third-order valence-corrected chi connectivity index (χ3v) is 3.49. The Kier molecular flexibility index (Phi) is 6.91. The molecule has 0 bridgehead atoms. The first-order valence-electron chi connectivity index (χ1n) is 7.94. The lowest BCUT2D eigenvalue weighted by Crippen LogP contribution is -2.26. The molecule has 150 valence electrons. The minimum atomic E-state index is -4.47. The molecule has 28 heavy (non-hydrogen) atoms. The highest BCUT2D eigenvalue weighted by Gasteiger charge is 2.30. The van der Waals surface area contributed by atoms with Gasteiger partial charge in [-0.3, -0.25) is 4.79 Å². The number of amides is 1. The number of anilines is 1. The predicted molar refractivity (Wildman–Crippen MR) is 93.4 cm³/mol. The van der Waals surface area contributed by atoms with E-state index in [0.717, 1.165) is 12.1 Å². The van der Waals surface area contributed by atoms with Crippen LogP contribution in [0.15, 0.2) is 53.6 Å². The van der Waals surface area contributed by atoms with Crippen molar-refractivity contribution in [2.24, 2.45) is 5.10 Å². The van der Waals surface area contributed by atoms with Crippen LogP contribution < -0.4 is 15.5 Å². The Bertz CT molecular complexity index is 836. The Hall–Kier alpha value is -3.17. The Morgan fingerprint density at radius 1 is 1.14 bits per heavy atom. The lowest BCUT2D eigenvalue weighted by molar-refractivity contribution is -0.137. The number of halogens is 5. The number of hydrogen-bond acceptors (Lipinski definition) is 4. The van der Waals surface area contributed by atoms with Gasteiger partial charge < -0.3 is 10.1 Å². The van der Waals surface area contributed by atoms with Crippen LogP contribution in [0.25, 0.3) is 0 Å². The molecule has 10 heteroatoms. The summed E-state index contributed by atoms with van der Waals surface area (Å²) in [6.07, 6.45) is -4.47. The second-order valence-corrected chi connectivity index (χ2v) is 5.57. The van der Waals surface area contributed by atoms with Crippen molar-refractivity contribution in [1.82, 2.24) is 5.43 Å². The number of hydrogen-bond donors (Lipinski definition) is 2. The first kappa shape index (κ1) is 21.1. The zero-order chi connectivity index (χ0) is 20.7. The summed E-state index contributed by atoms with van der Waals surface area (Å²) in [5, 5.41) is 6.44. The second-order valence-electron chi connectivity index (χ2n) is 5.57. The highest BCUT2D eigenvalue weighted by Crippen LogP contribution is 2.30. The fourth-order valence-corrected chi connectivity index (χ4v) is 2.12. The minimum absolute atomic E-state index is 0.0131. The van der Waals surface area contributed by atoms with Gasteiger partial charge in [-0.15, -0.1) is 0 Å². The van der Waals surface area contributed by atoms with Gasteiger partial charge in [0.1, 0.15) is 5.75 Å². The fourth-order valence-electron chi connectivity index (χ4n) is 2.12. The minimum Gasteiger partial charge on any atom is -0.435 e. The normalized spacial score (nSPS) is 12.0. The fraction of sp³-hybridized carbons (Fsp3) is 0.222. The summed E-state index contributed by atoms with van der Waals surface area (Å²) in [6, 6.07) is 10.1. The van der Waals surface area contributed by atoms with Crippen molar-refractivity contribution in [2.75, 3.05) is 11.9 Å². The van der Waals surface area contributed by atoms with Crippen LogP contribution in [-0.4, -0.2) is 24.8 Å². The van der Waals surface area contributed by atoms with Gasteiger partial charge in [0.2, 0.25) is 0 Å². The van der Waals surface area contributed by atoms with E-state index in [-0.39, 0.29) is 18.0 Å². The molecule has 0 saturated heterocycles. The second kappa shape index (κ2) is 9.16. The molecular weight excluding hydrogens is 385 g/mol. The van der Waals surface area contributed by atoms with Crippen LogP contribution in [-0.2, 0) is 11.0 Å². The number of alkyl halides is 5. The molecule has 0 unspecified atom stereocenters. The van der Waals surface area contributed by atoms with Gasteiger partial charge in [-0.05, 0) is 55.0 Å². The van der Waals surface area contributed by atoms with E-state index in [1.165, 1.54) is 36.4 Å². The maximum atomic E-state index is 12.7. The maximum absolute atomic E-state index is 12.7. The standard InChI is InChI=1S/C18H16F5N3O2/c1-11(12-5-7-15(8-6-12)28-17(19)20)25-26-16(27)10-24-14-4-2-3-13(9-14)18(21,22)23/h2-9,17,24H,10H2,1H3,(H,26,27). The Morgan fingerprint density at radius 3 is 2.43 bits per heavy atom. The summed E-state index contributed by atoms with van der Waals surface area (Å²) < 4.78 is 66.4. The van der Waals surface area contributed by atoms with Crippen LogP contribution in [0.2, 0.25) is 0 Å². The predicted octanol–water partition coefficient (Wildman–Crippen LogP) is 4.26. The van der Waals surface area contributed by atoms with Gasteiger partial charge in [-0.25, -0.2) is 5.43 Å². The van der Waals surface area contributed by atoms with Gasteiger partial charge in [0.15, 0.2) is 0 Å². The van der Waals surface area contributed by atoms with Crippen molar-refractivity contribution < 1.29 is 31.5 Å². The molecule has 0 heterocycles. The Morgan fingerprint density at radius 2 is 1.82 bits per heavy atom. The molecule has 0 saturated carbocycles.